The van der Waals surface area contributed by atoms with Gasteiger partial charge in [0.15, 0.2) is 11.3 Å². The topological polar surface area (TPSA) is 105 Å². The first-order valence-electron chi connectivity index (χ1n) is 8.18. The van der Waals surface area contributed by atoms with Crippen LogP contribution in [0.2, 0.25) is 5.02 Å². The maximum atomic E-state index is 12.2. The molecule has 8 nitrogen and oxygen atoms in total. The molecule has 0 saturated carbocycles. The van der Waals surface area contributed by atoms with E-state index in [1.54, 1.807) is 37.6 Å². The summed E-state index contributed by atoms with van der Waals surface area (Å²) in [5, 5.41) is 20.4. The molecular weight excluding hydrogens is 368 g/mol. The van der Waals surface area contributed by atoms with E-state index in [1.165, 1.54) is 4.68 Å². The number of hydrogen-bond donors (Lipinski definition) is 2. The second-order valence-electron chi connectivity index (χ2n) is 5.62. The molecule has 0 aliphatic rings. The number of rotatable bonds is 7. The fraction of sp³-hybridized carbons (Fsp3) is 0.222. The van der Waals surface area contributed by atoms with Crippen LogP contribution in [0.15, 0.2) is 36.5 Å². The third-order valence-corrected chi connectivity index (χ3v) is 4.15. The molecule has 0 radical (unpaired) electrons. The van der Waals surface area contributed by atoms with E-state index < -0.39 is 0 Å². The van der Waals surface area contributed by atoms with Gasteiger partial charge in [0.05, 0.1) is 17.5 Å². The van der Waals surface area contributed by atoms with Gasteiger partial charge < -0.3 is 15.4 Å². The highest BCUT2D eigenvalue weighted by Crippen LogP contribution is 2.27. The van der Waals surface area contributed by atoms with Crippen LogP contribution in [0.3, 0.4) is 0 Å². The number of ether oxygens (including phenoxy) is 1. The lowest BCUT2D eigenvalue weighted by Gasteiger charge is -2.10. The lowest BCUT2D eigenvalue weighted by atomic mass is 10.3. The van der Waals surface area contributed by atoms with Crippen LogP contribution in [0.4, 0.5) is 5.69 Å². The van der Waals surface area contributed by atoms with Crippen molar-refractivity contribution >= 4 is 34.2 Å². The van der Waals surface area contributed by atoms with E-state index in [0.717, 1.165) is 5.69 Å². The first-order valence-corrected chi connectivity index (χ1v) is 8.56. The monoisotopic (exact) mass is 384 g/mol. The molecule has 0 bridgehead atoms. The lowest BCUT2D eigenvalue weighted by molar-refractivity contribution is -0.121. The number of benzene rings is 1. The summed E-state index contributed by atoms with van der Waals surface area (Å²) >= 11 is 5.99. The lowest BCUT2D eigenvalue weighted by Crippen LogP contribution is -2.32. The number of carbonyl (C=O) groups excluding carboxylic acids is 1. The van der Waals surface area contributed by atoms with Crippen molar-refractivity contribution in [3.63, 3.8) is 0 Å². The van der Waals surface area contributed by atoms with Crippen LogP contribution in [0.5, 0.6) is 5.75 Å². The van der Waals surface area contributed by atoms with Gasteiger partial charge in [-0.05, 0) is 24.3 Å². The molecule has 1 amide bonds. The molecule has 2 N–H and O–H groups in total. The summed E-state index contributed by atoms with van der Waals surface area (Å²) in [6, 6.07) is 10.9. The van der Waals surface area contributed by atoms with E-state index in [0.29, 0.717) is 34.9 Å². The van der Waals surface area contributed by atoms with E-state index in [4.69, 9.17) is 21.6 Å². The summed E-state index contributed by atoms with van der Waals surface area (Å²) in [5.41, 5.74) is 1.60. The first kappa shape index (κ1) is 18.5. The van der Waals surface area contributed by atoms with Crippen LogP contribution in [-0.2, 0) is 11.3 Å². The zero-order valence-electron chi connectivity index (χ0n) is 14.6. The van der Waals surface area contributed by atoms with Gasteiger partial charge in [-0.3, -0.25) is 4.79 Å². The summed E-state index contributed by atoms with van der Waals surface area (Å²) in [4.78, 5) is 16.4. The molecule has 2 heterocycles. The molecular formula is C18H17ClN6O2. The van der Waals surface area contributed by atoms with Gasteiger partial charge >= 0.3 is 0 Å². The number of methoxy groups -OCH3 is 1. The summed E-state index contributed by atoms with van der Waals surface area (Å²) < 4.78 is 6.59. The minimum atomic E-state index is -0.218. The highest BCUT2D eigenvalue weighted by atomic mass is 35.5. The van der Waals surface area contributed by atoms with Crippen molar-refractivity contribution in [1.82, 2.24) is 20.1 Å². The van der Waals surface area contributed by atoms with E-state index in [9.17, 15) is 4.79 Å². The number of pyridine rings is 1. The molecule has 27 heavy (non-hydrogen) atoms. The first-order chi connectivity index (χ1) is 13.1. The van der Waals surface area contributed by atoms with Crippen molar-refractivity contribution in [3.05, 3.63) is 47.2 Å². The number of nitrogens with zero attached hydrogens (tertiary/aromatic N) is 4. The Labute approximate surface area is 160 Å². The third kappa shape index (κ3) is 4.27. The Bertz CT molecular complexity index is 1010. The maximum Gasteiger partial charge on any atom is 0.241 e. The van der Waals surface area contributed by atoms with E-state index in [-0.39, 0.29) is 18.1 Å². The smallest absolute Gasteiger partial charge is 0.241 e. The Kier molecular flexibility index (Phi) is 5.74. The Morgan fingerprint density at radius 2 is 2.22 bits per heavy atom. The second-order valence-corrected chi connectivity index (χ2v) is 6.03. The van der Waals surface area contributed by atoms with Crippen molar-refractivity contribution < 1.29 is 9.53 Å². The van der Waals surface area contributed by atoms with E-state index in [2.05, 4.69) is 20.7 Å². The normalized spacial score (nSPS) is 10.4. The number of anilines is 1. The third-order valence-electron chi connectivity index (χ3n) is 3.83. The Morgan fingerprint density at radius 3 is 3.00 bits per heavy atom. The molecule has 0 spiro atoms. The van der Waals surface area contributed by atoms with Crippen LogP contribution in [-0.4, -0.2) is 40.9 Å². The summed E-state index contributed by atoms with van der Waals surface area (Å²) in [6.45, 7) is 0.934. The Balaban J connectivity index is 1.53. The van der Waals surface area contributed by atoms with E-state index >= 15 is 0 Å². The van der Waals surface area contributed by atoms with Gasteiger partial charge in [-0.15, -0.1) is 0 Å². The van der Waals surface area contributed by atoms with Gasteiger partial charge in [0.25, 0.3) is 0 Å². The van der Waals surface area contributed by atoms with Gasteiger partial charge in [0.2, 0.25) is 5.91 Å². The second kappa shape index (κ2) is 8.38. The van der Waals surface area contributed by atoms with Gasteiger partial charge in [0.1, 0.15) is 18.4 Å². The molecule has 3 aromatic rings. The van der Waals surface area contributed by atoms with Gasteiger partial charge in [-0.1, -0.05) is 11.6 Å². The molecule has 0 aliphatic carbocycles. The average molecular weight is 385 g/mol. The van der Waals surface area contributed by atoms with Gasteiger partial charge in [-0.25, -0.2) is 9.67 Å². The van der Waals surface area contributed by atoms with Crippen LogP contribution in [0.25, 0.3) is 11.0 Å². The number of halogens is 1. The Morgan fingerprint density at radius 1 is 1.37 bits per heavy atom. The zero-order valence-corrected chi connectivity index (χ0v) is 15.3. The van der Waals surface area contributed by atoms with E-state index in [1.807, 2.05) is 12.1 Å². The highest BCUT2D eigenvalue weighted by molar-refractivity contribution is 6.32. The molecule has 0 unspecified atom stereocenters. The molecule has 0 atom stereocenters. The number of nitrogens with one attached hydrogen (secondary N) is 2. The molecule has 3 rings (SSSR count). The molecule has 2 aromatic heterocycles. The SMILES string of the molecule is COc1cc(NCCNC(=O)Cn2nc(C#N)c3cccnc32)ccc1Cl. The summed E-state index contributed by atoms with van der Waals surface area (Å²) in [7, 11) is 1.55. The minimum Gasteiger partial charge on any atom is -0.495 e. The van der Waals surface area contributed by atoms with Gasteiger partial charge in [-0.2, -0.15) is 10.4 Å². The Hall–Kier alpha value is -3.31. The van der Waals surface area contributed by atoms with Crippen molar-refractivity contribution in [3.8, 4) is 11.8 Å². The quantitative estimate of drug-likeness (QED) is 0.605. The molecule has 0 saturated heterocycles. The predicted molar refractivity (Wildman–Crippen MR) is 102 cm³/mol. The summed E-state index contributed by atoms with van der Waals surface area (Å²) in [6.07, 6.45) is 1.60. The van der Waals surface area contributed by atoms with Crippen molar-refractivity contribution in [1.29, 1.82) is 5.26 Å². The summed E-state index contributed by atoms with van der Waals surface area (Å²) in [5.74, 6) is 0.363. The standard InChI is InChI=1S/C18H17ClN6O2/c1-27-16-9-12(4-5-14(16)19)21-7-8-22-17(26)11-25-18-13(3-2-6-23-18)15(10-20)24-25/h2-6,9,21H,7-8,11H2,1H3,(H,22,26). The minimum absolute atomic E-state index is 0.00996. The predicted octanol–water partition coefficient (Wildman–Crippen LogP) is 2.19. The highest BCUT2D eigenvalue weighted by Gasteiger charge is 2.13. The number of fused-ring (bicyclic) bond motifs is 1. The number of carbonyl (C=O) groups is 1. The molecule has 0 aliphatic heterocycles. The number of hydrogen-bond acceptors (Lipinski definition) is 6. The van der Waals surface area contributed by atoms with Crippen LogP contribution < -0.4 is 15.4 Å². The van der Waals surface area contributed by atoms with Crippen molar-refractivity contribution in [2.24, 2.45) is 0 Å². The maximum absolute atomic E-state index is 12.2. The average Bonchev–Trinajstić information content (AvgIpc) is 3.04. The fourth-order valence-corrected chi connectivity index (χ4v) is 2.77. The fourth-order valence-electron chi connectivity index (χ4n) is 2.57. The molecule has 0 fully saturated rings. The van der Waals surface area contributed by atoms with Gasteiger partial charge in [0, 0.05) is 31.0 Å². The van der Waals surface area contributed by atoms with Crippen LogP contribution >= 0.6 is 11.6 Å². The molecule has 9 heteroatoms. The number of aromatic nitrogens is 3. The molecule has 1 aromatic carbocycles. The molecule has 138 valence electrons. The number of nitriles is 1. The largest absolute Gasteiger partial charge is 0.495 e. The van der Waals surface area contributed by atoms with Crippen molar-refractivity contribution in [2.75, 3.05) is 25.5 Å². The zero-order chi connectivity index (χ0) is 19.2. The van der Waals surface area contributed by atoms with Crippen LogP contribution in [0.1, 0.15) is 5.69 Å². The number of amides is 1. The van der Waals surface area contributed by atoms with Crippen molar-refractivity contribution in [2.45, 2.75) is 6.54 Å². The van der Waals surface area contributed by atoms with Crippen LogP contribution in [0, 0.1) is 11.3 Å².